The average Bonchev–Trinajstić information content (AvgIpc) is 2.62. The Labute approximate surface area is 149 Å². The molecular weight excluding hydrogens is 345 g/mol. The van der Waals surface area contributed by atoms with Gasteiger partial charge in [-0.1, -0.05) is 30.3 Å². The van der Waals surface area contributed by atoms with Gasteiger partial charge in [-0.15, -0.1) is 0 Å². The van der Waals surface area contributed by atoms with Gasteiger partial charge in [0, 0.05) is 18.8 Å². The van der Waals surface area contributed by atoms with Gasteiger partial charge in [-0.3, -0.25) is 0 Å². The summed E-state index contributed by atoms with van der Waals surface area (Å²) in [6.07, 6.45) is -4.10. The zero-order valence-corrected chi connectivity index (χ0v) is 14.0. The highest BCUT2D eigenvalue weighted by atomic mass is 19.4. The number of para-hydroxylation sites is 1. The van der Waals surface area contributed by atoms with Crippen LogP contribution in [0.1, 0.15) is 24.0 Å². The minimum Gasteiger partial charge on any atom is -0.385 e. The monoisotopic (exact) mass is 364 g/mol. The summed E-state index contributed by atoms with van der Waals surface area (Å²) < 4.78 is 38.7. The average molecular weight is 364 g/mol. The summed E-state index contributed by atoms with van der Waals surface area (Å²) in [5.41, 5.74) is -1.26. The Kier molecular flexibility index (Phi) is 4.91. The van der Waals surface area contributed by atoms with Crippen molar-refractivity contribution in [2.75, 3.05) is 18.4 Å². The third-order valence-corrected chi connectivity index (χ3v) is 4.63. The number of alkyl halides is 3. The number of piperidine rings is 1. The molecule has 1 saturated heterocycles. The van der Waals surface area contributed by atoms with Crippen LogP contribution in [0.4, 0.5) is 23.7 Å². The number of carbonyl (C=O) groups excluding carboxylic acids is 1. The second kappa shape index (κ2) is 6.99. The van der Waals surface area contributed by atoms with Gasteiger partial charge >= 0.3 is 12.2 Å². The molecule has 0 saturated carbocycles. The number of hydrogen-bond donors (Lipinski definition) is 2. The molecule has 0 spiro atoms. The van der Waals surface area contributed by atoms with Crippen LogP contribution in [0.3, 0.4) is 0 Å². The largest absolute Gasteiger partial charge is 0.416 e. The lowest BCUT2D eigenvalue weighted by molar-refractivity contribution is -0.137. The fourth-order valence-corrected chi connectivity index (χ4v) is 3.08. The zero-order chi connectivity index (χ0) is 18.8. The van der Waals surface area contributed by atoms with Gasteiger partial charge in [-0.05, 0) is 42.7 Å². The molecule has 0 aliphatic carbocycles. The molecule has 0 bridgehead atoms. The molecule has 7 heteroatoms. The van der Waals surface area contributed by atoms with Crippen molar-refractivity contribution >= 4 is 11.7 Å². The number of likely N-dealkylation sites (tertiary alicyclic amines) is 1. The molecular formula is C19H19F3N2O2. The van der Waals surface area contributed by atoms with E-state index >= 15 is 0 Å². The molecule has 2 N–H and O–H groups in total. The van der Waals surface area contributed by atoms with Crippen molar-refractivity contribution in [1.29, 1.82) is 0 Å². The van der Waals surface area contributed by atoms with Crippen molar-refractivity contribution in [2.24, 2.45) is 0 Å². The smallest absolute Gasteiger partial charge is 0.385 e. The van der Waals surface area contributed by atoms with Gasteiger partial charge in [-0.2, -0.15) is 13.2 Å². The van der Waals surface area contributed by atoms with Crippen LogP contribution in [0.5, 0.6) is 0 Å². The molecule has 1 aliphatic heterocycles. The predicted octanol–water partition coefficient (Wildman–Crippen LogP) is 4.22. The first kappa shape index (κ1) is 18.3. The first-order chi connectivity index (χ1) is 12.3. The van der Waals surface area contributed by atoms with Gasteiger partial charge in [-0.25, -0.2) is 4.79 Å². The highest BCUT2D eigenvalue weighted by Gasteiger charge is 2.37. The first-order valence-electron chi connectivity index (χ1n) is 8.29. The quantitative estimate of drug-likeness (QED) is 0.838. The molecule has 0 aromatic heterocycles. The molecule has 26 heavy (non-hydrogen) atoms. The second-order valence-electron chi connectivity index (χ2n) is 6.39. The Bertz CT molecular complexity index is 770. The van der Waals surface area contributed by atoms with Gasteiger partial charge in [0.2, 0.25) is 0 Å². The molecule has 0 radical (unpaired) electrons. The van der Waals surface area contributed by atoms with E-state index in [-0.39, 0.29) is 37.5 Å². The minimum atomic E-state index is -4.46. The molecule has 138 valence electrons. The van der Waals surface area contributed by atoms with Crippen molar-refractivity contribution < 1.29 is 23.1 Å². The van der Waals surface area contributed by atoms with Crippen molar-refractivity contribution in [3.8, 4) is 0 Å². The Morgan fingerprint density at radius 2 is 1.69 bits per heavy atom. The molecule has 4 nitrogen and oxygen atoms in total. The number of nitrogens with zero attached hydrogens (tertiary/aromatic N) is 1. The highest BCUT2D eigenvalue weighted by Crippen LogP contribution is 2.36. The Morgan fingerprint density at radius 1 is 1.04 bits per heavy atom. The van der Waals surface area contributed by atoms with Crippen LogP contribution < -0.4 is 5.32 Å². The predicted molar refractivity (Wildman–Crippen MR) is 91.6 cm³/mol. The molecule has 0 atom stereocenters. The lowest BCUT2D eigenvalue weighted by Crippen LogP contribution is -2.46. The number of halogens is 3. The van der Waals surface area contributed by atoms with Gasteiger partial charge in [0.25, 0.3) is 0 Å². The number of aliphatic hydroxyl groups is 1. The van der Waals surface area contributed by atoms with Crippen LogP contribution >= 0.6 is 0 Å². The number of benzene rings is 2. The summed E-state index contributed by atoms with van der Waals surface area (Å²) in [7, 11) is 0. The number of nitrogens with one attached hydrogen (secondary N) is 1. The lowest BCUT2D eigenvalue weighted by Gasteiger charge is -2.38. The summed E-state index contributed by atoms with van der Waals surface area (Å²) in [6, 6.07) is 13.4. The van der Waals surface area contributed by atoms with E-state index in [4.69, 9.17) is 0 Å². The SMILES string of the molecule is O=C(Nc1ccccc1)N1CCC(O)(c2cccc(C(F)(F)F)c2)CC1. The van der Waals surface area contributed by atoms with Crippen LogP contribution in [0, 0.1) is 0 Å². The van der Waals surface area contributed by atoms with E-state index < -0.39 is 17.3 Å². The maximum absolute atomic E-state index is 12.9. The molecule has 1 heterocycles. The van der Waals surface area contributed by atoms with Gasteiger partial charge in [0.15, 0.2) is 0 Å². The van der Waals surface area contributed by atoms with E-state index in [2.05, 4.69) is 5.32 Å². The van der Waals surface area contributed by atoms with E-state index in [0.717, 1.165) is 12.1 Å². The van der Waals surface area contributed by atoms with Crippen LogP contribution in [0.15, 0.2) is 54.6 Å². The summed E-state index contributed by atoms with van der Waals surface area (Å²) >= 11 is 0. The van der Waals surface area contributed by atoms with Crippen LogP contribution in [0.25, 0.3) is 0 Å². The molecule has 2 aromatic rings. The van der Waals surface area contributed by atoms with E-state index in [1.54, 1.807) is 29.2 Å². The number of hydrogen-bond acceptors (Lipinski definition) is 2. The van der Waals surface area contributed by atoms with Crippen molar-refractivity contribution in [3.63, 3.8) is 0 Å². The summed E-state index contributed by atoms with van der Waals surface area (Å²) in [5.74, 6) is 0. The third-order valence-electron chi connectivity index (χ3n) is 4.63. The first-order valence-corrected chi connectivity index (χ1v) is 8.29. The number of amides is 2. The molecule has 1 aliphatic rings. The topological polar surface area (TPSA) is 52.6 Å². The zero-order valence-electron chi connectivity index (χ0n) is 14.0. The van der Waals surface area contributed by atoms with Crippen molar-refractivity contribution in [1.82, 2.24) is 4.90 Å². The minimum absolute atomic E-state index is 0.177. The van der Waals surface area contributed by atoms with Crippen LogP contribution in [0.2, 0.25) is 0 Å². The highest BCUT2D eigenvalue weighted by molar-refractivity contribution is 5.89. The summed E-state index contributed by atoms with van der Waals surface area (Å²) in [6.45, 7) is 0.511. The van der Waals surface area contributed by atoms with Gasteiger partial charge < -0.3 is 15.3 Å². The van der Waals surface area contributed by atoms with Crippen LogP contribution in [-0.2, 0) is 11.8 Å². The Balaban J connectivity index is 1.66. The van der Waals surface area contributed by atoms with Crippen molar-refractivity contribution in [3.05, 3.63) is 65.7 Å². The number of anilines is 1. The summed E-state index contributed by atoms with van der Waals surface area (Å²) in [5, 5.41) is 13.6. The standard InChI is InChI=1S/C19H19F3N2O2/c20-19(21,22)15-6-4-5-14(13-15)18(26)9-11-24(12-10-18)17(25)23-16-7-2-1-3-8-16/h1-8,13,26H,9-12H2,(H,23,25). The molecule has 0 unspecified atom stereocenters. The fraction of sp³-hybridized carbons (Fsp3) is 0.316. The fourth-order valence-electron chi connectivity index (χ4n) is 3.08. The molecule has 2 amide bonds. The number of carbonyl (C=O) groups is 1. The Hall–Kier alpha value is -2.54. The van der Waals surface area contributed by atoms with E-state index in [1.807, 2.05) is 6.07 Å². The van der Waals surface area contributed by atoms with E-state index in [0.29, 0.717) is 5.69 Å². The number of urea groups is 1. The van der Waals surface area contributed by atoms with Crippen LogP contribution in [-0.4, -0.2) is 29.1 Å². The van der Waals surface area contributed by atoms with Gasteiger partial charge in [0.05, 0.1) is 11.2 Å². The molecule has 1 fully saturated rings. The second-order valence-corrected chi connectivity index (χ2v) is 6.39. The van der Waals surface area contributed by atoms with E-state index in [1.165, 1.54) is 12.1 Å². The van der Waals surface area contributed by atoms with E-state index in [9.17, 15) is 23.1 Å². The Morgan fingerprint density at radius 3 is 2.31 bits per heavy atom. The maximum atomic E-state index is 12.9. The molecule has 3 rings (SSSR count). The normalized spacial score (nSPS) is 17.0. The summed E-state index contributed by atoms with van der Waals surface area (Å²) in [4.78, 5) is 13.8. The molecule has 2 aromatic carbocycles. The third kappa shape index (κ3) is 3.99. The van der Waals surface area contributed by atoms with Gasteiger partial charge in [0.1, 0.15) is 0 Å². The number of rotatable bonds is 2. The van der Waals surface area contributed by atoms with Crippen molar-refractivity contribution in [2.45, 2.75) is 24.6 Å². The maximum Gasteiger partial charge on any atom is 0.416 e. The lowest BCUT2D eigenvalue weighted by atomic mass is 9.84.